The maximum absolute atomic E-state index is 12.2. The summed E-state index contributed by atoms with van der Waals surface area (Å²) in [6.07, 6.45) is 5.42. The van der Waals surface area contributed by atoms with Crippen LogP contribution in [0.5, 0.6) is 5.75 Å². The first kappa shape index (κ1) is 21.7. The summed E-state index contributed by atoms with van der Waals surface area (Å²) in [5.74, 6) is -0.0352. The summed E-state index contributed by atoms with van der Waals surface area (Å²) in [6, 6.07) is 10.4. The predicted molar refractivity (Wildman–Crippen MR) is 116 cm³/mol. The normalized spacial score (nSPS) is 14.5. The van der Waals surface area contributed by atoms with Crippen LogP contribution in [0.1, 0.15) is 48.3 Å². The molecule has 0 saturated heterocycles. The molecular formula is C24H30N2O4. The van der Waals surface area contributed by atoms with Crippen LogP contribution < -0.4 is 10.1 Å². The Morgan fingerprint density at radius 1 is 1.23 bits per heavy atom. The van der Waals surface area contributed by atoms with E-state index in [2.05, 4.69) is 29.8 Å². The highest BCUT2D eigenvalue weighted by atomic mass is 16.5. The standard InChI is InChI=1S/C24H30N2O4/c1-16-15-20(17(2)26(16)21-8-9-21)7-12-23(27)30-18(3)24(28)25-14-13-19-5-10-22(29-4)11-6-19/h5-7,10-12,15,18,21H,8-9,13-14H2,1-4H3,(H,25,28)/b12-7+/t18-/m1/s1. The number of carbonyl (C=O) groups is 2. The van der Waals surface area contributed by atoms with E-state index < -0.39 is 12.1 Å². The summed E-state index contributed by atoms with van der Waals surface area (Å²) in [5.41, 5.74) is 4.46. The highest BCUT2D eigenvalue weighted by Crippen LogP contribution is 2.38. The van der Waals surface area contributed by atoms with Crippen LogP contribution in [0.4, 0.5) is 0 Å². The van der Waals surface area contributed by atoms with Crippen molar-refractivity contribution in [1.29, 1.82) is 0 Å². The van der Waals surface area contributed by atoms with Crippen molar-refractivity contribution in [3.63, 3.8) is 0 Å². The van der Waals surface area contributed by atoms with Crippen LogP contribution in [0.2, 0.25) is 0 Å². The average molecular weight is 411 g/mol. The Bertz CT molecular complexity index is 923. The van der Waals surface area contributed by atoms with E-state index in [1.54, 1.807) is 20.1 Å². The number of esters is 1. The molecule has 1 heterocycles. The molecule has 160 valence electrons. The molecule has 0 aliphatic heterocycles. The van der Waals surface area contributed by atoms with Crippen LogP contribution in [0.25, 0.3) is 6.08 Å². The lowest BCUT2D eigenvalue weighted by molar-refractivity contribution is -0.150. The maximum atomic E-state index is 12.2. The molecule has 3 rings (SSSR count). The molecule has 1 amide bonds. The van der Waals surface area contributed by atoms with Gasteiger partial charge in [0.1, 0.15) is 5.75 Å². The first-order valence-corrected chi connectivity index (χ1v) is 10.4. The number of nitrogens with zero attached hydrogens (tertiary/aromatic N) is 1. The molecule has 1 aromatic carbocycles. The van der Waals surface area contributed by atoms with Crippen LogP contribution in [0, 0.1) is 13.8 Å². The number of ether oxygens (including phenoxy) is 2. The summed E-state index contributed by atoms with van der Waals surface area (Å²) in [4.78, 5) is 24.3. The lowest BCUT2D eigenvalue weighted by Crippen LogP contribution is -2.36. The molecular weight excluding hydrogens is 380 g/mol. The molecule has 0 radical (unpaired) electrons. The number of hydrogen-bond acceptors (Lipinski definition) is 4. The Balaban J connectivity index is 1.44. The minimum atomic E-state index is -0.850. The highest BCUT2D eigenvalue weighted by Gasteiger charge is 2.26. The van der Waals surface area contributed by atoms with Crippen molar-refractivity contribution in [3.05, 3.63) is 58.9 Å². The van der Waals surface area contributed by atoms with Crippen LogP contribution in [-0.2, 0) is 20.7 Å². The van der Waals surface area contributed by atoms with Gasteiger partial charge in [0.15, 0.2) is 6.10 Å². The number of rotatable bonds is 9. The fraction of sp³-hybridized carbons (Fsp3) is 0.417. The van der Waals surface area contributed by atoms with Gasteiger partial charge in [0.2, 0.25) is 0 Å². The average Bonchev–Trinajstić information content (AvgIpc) is 3.52. The van der Waals surface area contributed by atoms with Gasteiger partial charge in [-0.25, -0.2) is 4.79 Å². The van der Waals surface area contributed by atoms with E-state index in [-0.39, 0.29) is 5.91 Å². The molecule has 1 atom stereocenters. The minimum Gasteiger partial charge on any atom is -0.497 e. The van der Waals surface area contributed by atoms with E-state index in [0.29, 0.717) is 19.0 Å². The zero-order chi connectivity index (χ0) is 21.7. The van der Waals surface area contributed by atoms with Crippen LogP contribution in [0.3, 0.4) is 0 Å². The van der Waals surface area contributed by atoms with Gasteiger partial charge in [0, 0.05) is 30.1 Å². The van der Waals surface area contributed by atoms with E-state index >= 15 is 0 Å². The van der Waals surface area contributed by atoms with Crippen molar-refractivity contribution in [3.8, 4) is 5.75 Å². The first-order valence-electron chi connectivity index (χ1n) is 10.4. The van der Waals surface area contributed by atoms with E-state index in [1.807, 2.05) is 24.3 Å². The van der Waals surface area contributed by atoms with Gasteiger partial charge < -0.3 is 19.4 Å². The smallest absolute Gasteiger partial charge is 0.331 e. The van der Waals surface area contributed by atoms with Gasteiger partial charge in [-0.2, -0.15) is 0 Å². The maximum Gasteiger partial charge on any atom is 0.331 e. The Kier molecular flexibility index (Phi) is 6.98. The SMILES string of the molecule is COc1ccc(CCNC(=O)[C@@H](C)OC(=O)/C=C/c2cc(C)n(C3CC3)c2C)cc1. The van der Waals surface area contributed by atoms with Gasteiger partial charge in [0.25, 0.3) is 5.91 Å². The van der Waals surface area contributed by atoms with Gasteiger partial charge >= 0.3 is 5.97 Å². The summed E-state index contributed by atoms with van der Waals surface area (Å²) >= 11 is 0. The Hall–Kier alpha value is -3.02. The number of hydrogen-bond donors (Lipinski definition) is 1. The lowest BCUT2D eigenvalue weighted by atomic mass is 10.1. The van der Waals surface area contributed by atoms with Gasteiger partial charge in [-0.05, 0) is 75.4 Å². The first-order chi connectivity index (χ1) is 14.4. The molecule has 2 aromatic rings. The molecule has 1 fully saturated rings. The number of carbonyl (C=O) groups excluding carboxylic acids is 2. The number of aromatic nitrogens is 1. The van der Waals surface area contributed by atoms with Crippen molar-refractivity contribution < 1.29 is 19.1 Å². The van der Waals surface area contributed by atoms with Gasteiger partial charge in [-0.1, -0.05) is 12.1 Å². The van der Waals surface area contributed by atoms with Crippen LogP contribution >= 0.6 is 0 Å². The van der Waals surface area contributed by atoms with Crippen molar-refractivity contribution in [2.45, 2.75) is 52.2 Å². The van der Waals surface area contributed by atoms with Crippen molar-refractivity contribution in [2.24, 2.45) is 0 Å². The van der Waals surface area contributed by atoms with Crippen molar-refractivity contribution >= 4 is 18.0 Å². The molecule has 1 saturated carbocycles. The molecule has 6 heteroatoms. The van der Waals surface area contributed by atoms with Crippen LogP contribution in [0.15, 0.2) is 36.4 Å². The fourth-order valence-corrected chi connectivity index (χ4v) is 3.56. The summed E-state index contributed by atoms with van der Waals surface area (Å²) in [5, 5.41) is 2.80. The Morgan fingerprint density at radius 2 is 1.93 bits per heavy atom. The molecule has 1 aliphatic rings. The topological polar surface area (TPSA) is 69.6 Å². The zero-order valence-corrected chi connectivity index (χ0v) is 18.1. The van der Waals surface area contributed by atoms with Gasteiger partial charge in [-0.3, -0.25) is 4.79 Å². The number of methoxy groups -OCH3 is 1. The van der Waals surface area contributed by atoms with E-state index in [9.17, 15) is 9.59 Å². The van der Waals surface area contributed by atoms with Crippen molar-refractivity contribution in [1.82, 2.24) is 9.88 Å². The molecule has 30 heavy (non-hydrogen) atoms. The molecule has 0 spiro atoms. The van der Waals surface area contributed by atoms with E-state index in [1.165, 1.54) is 24.6 Å². The molecule has 0 bridgehead atoms. The molecule has 1 aromatic heterocycles. The van der Waals surface area contributed by atoms with Crippen LogP contribution in [-0.4, -0.2) is 36.2 Å². The number of nitrogens with one attached hydrogen (secondary N) is 1. The second kappa shape index (κ2) is 9.65. The Labute approximate surface area is 177 Å². The zero-order valence-electron chi connectivity index (χ0n) is 18.1. The third-order valence-corrected chi connectivity index (χ3v) is 5.37. The van der Waals surface area contributed by atoms with Gasteiger partial charge in [-0.15, -0.1) is 0 Å². The summed E-state index contributed by atoms with van der Waals surface area (Å²) in [7, 11) is 1.62. The van der Waals surface area contributed by atoms with Crippen molar-refractivity contribution in [2.75, 3.05) is 13.7 Å². The molecule has 1 aliphatic carbocycles. The largest absolute Gasteiger partial charge is 0.497 e. The number of aryl methyl sites for hydroxylation is 1. The monoisotopic (exact) mass is 410 g/mol. The van der Waals surface area contributed by atoms with E-state index in [4.69, 9.17) is 9.47 Å². The summed E-state index contributed by atoms with van der Waals surface area (Å²) < 4.78 is 12.7. The predicted octanol–water partition coefficient (Wildman–Crippen LogP) is 3.75. The quantitative estimate of drug-likeness (QED) is 0.505. The number of benzene rings is 1. The minimum absolute atomic E-state index is 0.308. The highest BCUT2D eigenvalue weighted by molar-refractivity contribution is 5.90. The fourth-order valence-electron chi connectivity index (χ4n) is 3.56. The molecule has 0 unspecified atom stereocenters. The molecule has 6 nitrogen and oxygen atoms in total. The third kappa shape index (κ3) is 5.53. The second-order valence-electron chi connectivity index (χ2n) is 7.73. The third-order valence-electron chi connectivity index (χ3n) is 5.37. The molecule has 1 N–H and O–H groups in total. The lowest BCUT2D eigenvalue weighted by Gasteiger charge is -2.12. The second-order valence-corrected chi connectivity index (χ2v) is 7.73. The Morgan fingerprint density at radius 3 is 2.57 bits per heavy atom. The summed E-state index contributed by atoms with van der Waals surface area (Å²) in [6.45, 7) is 6.19. The number of amides is 1. The van der Waals surface area contributed by atoms with Gasteiger partial charge in [0.05, 0.1) is 7.11 Å². The van der Waals surface area contributed by atoms with E-state index in [0.717, 1.165) is 22.6 Å².